The van der Waals surface area contributed by atoms with Gasteiger partial charge in [0.25, 0.3) is 0 Å². The molecule has 0 fully saturated rings. The zero-order chi connectivity index (χ0) is 9.54. The molecule has 6 heteroatoms. The van der Waals surface area contributed by atoms with Crippen molar-refractivity contribution in [2.45, 2.75) is 6.42 Å². The monoisotopic (exact) mass is 186 g/mol. The first kappa shape index (κ1) is 7.31. The number of hydrogen-bond acceptors (Lipinski definition) is 6. The largest absolute Gasteiger partial charge is 0.400 e. The molecule has 0 amide bonds. The predicted octanol–water partition coefficient (Wildman–Crippen LogP) is 0.373. The van der Waals surface area contributed by atoms with Gasteiger partial charge in [-0.25, -0.2) is 0 Å². The average Bonchev–Trinajstić information content (AvgIpc) is 2.67. The molecule has 3 rings (SSSR count). The molecule has 1 aromatic heterocycles. The van der Waals surface area contributed by atoms with Gasteiger partial charge >= 0.3 is 0 Å². The van der Waals surface area contributed by atoms with Crippen LogP contribution in [0.3, 0.4) is 0 Å². The SMILES string of the molecule is NC1=C2N=NN=C2c2nccnc2C1. The Balaban J connectivity index is 2.27. The molecular weight excluding hydrogens is 180 g/mol. The lowest BCUT2D eigenvalue weighted by Crippen LogP contribution is -2.21. The van der Waals surface area contributed by atoms with E-state index < -0.39 is 0 Å². The number of fused-ring (bicyclic) bond motifs is 3. The lowest BCUT2D eigenvalue weighted by Gasteiger charge is -2.13. The highest BCUT2D eigenvalue weighted by molar-refractivity contribution is 6.13. The first-order chi connectivity index (χ1) is 6.86. The highest BCUT2D eigenvalue weighted by atomic mass is 15.4. The van der Waals surface area contributed by atoms with E-state index in [-0.39, 0.29) is 0 Å². The minimum absolute atomic E-state index is 0.566. The van der Waals surface area contributed by atoms with Crippen molar-refractivity contribution in [1.29, 1.82) is 0 Å². The molecule has 2 aliphatic rings. The summed E-state index contributed by atoms with van der Waals surface area (Å²) in [5.74, 6) is 0. The molecule has 0 atom stereocenters. The number of allylic oxidation sites excluding steroid dienone is 2. The van der Waals surface area contributed by atoms with Crippen molar-refractivity contribution in [3.8, 4) is 0 Å². The van der Waals surface area contributed by atoms with E-state index in [0.717, 1.165) is 11.4 Å². The molecule has 68 valence electrons. The normalized spacial score (nSPS) is 17.9. The average molecular weight is 186 g/mol. The molecule has 0 radical (unpaired) electrons. The molecule has 0 unspecified atom stereocenters. The maximum absolute atomic E-state index is 5.81. The second-order valence-corrected chi connectivity index (χ2v) is 3.04. The Labute approximate surface area is 79.3 Å². The second-order valence-electron chi connectivity index (χ2n) is 3.04. The van der Waals surface area contributed by atoms with Crippen molar-refractivity contribution in [3.63, 3.8) is 0 Å². The van der Waals surface area contributed by atoms with Crippen molar-refractivity contribution in [1.82, 2.24) is 9.97 Å². The minimum atomic E-state index is 0.566. The van der Waals surface area contributed by atoms with Crippen molar-refractivity contribution >= 4 is 5.71 Å². The fourth-order valence-electron chi connectivity index (χ4n) is 1.54. The summed E-state index contributed by atoms with van der Waals surface area (Å²) in [6, 6.07) is 0. The summed E-state index contributed by atoms with van der Waals surface area (Å²) >= 11 is 0. The van der Waals surface area contributed by atoms with Gasteiger partial charge < -0.3 is 5.73 Å². The Bertz CT molecular complexity index is 498. The van der Waals surface area contributed by atoms with Crippen LogP contribution in [-0.2, 0) is 6.42 Å². The van der Waals surface area contributed by atoms with Gasteiger partial charge in [0.1, 0.15) is 17.1 Å². The Hall–Kier alpha value is -2.11. The number of hydrogen-bond donors (Lipinski definition) is 1. The first-order valence-corrected chi connectivity index (χ1v) is 4.14. The van der Waals surface area contributed by atoms with Gasteiger partial charge in [-0.3, -0.25) is 9.97 Å². The maximum Gasteiger partial charge on any atom is 0.144 e. The lowest BCUT2D eigenvalue weighted by atomic mass is 10.0. The fourth-order valence-corrected chi connectivity index (χ4v) is 1.54. The van der Waals surface area contributed by atoms with Gasteiger partial charge in [-0.15, -0.1) is 10.2 Å². The zero-order valence-corrected chi connectivity index (χ0v) is 7.18. The Kier molecular flexibility index (Phi) is 1.27. The van der Waals surface area contributed by atoms with Crippen molar-refractivity contribution in [2.24, 2.45) is 21.2 Å². The Morgan fingerprint density at radius 1 is 1.21 bits per heavy atom. The summed E-state index contributed by atoms with van der Waals surface area (Å²) in [4.78, 5) is 8.38. The lowest BCUT2D eigenvalue weighted by molar-refractivity contribution is 0.953. The number of rotatable bonds is 0. The van der Waals surface area contributed by atoms with E-state index in [0.29, 0.717) is 23.5 Å². The number of aromatic nitrogens is 2. The van der Waals surface area contributed by atoms with Gasteiger partial charge in [-0.05, 0) is 5.22 Å². The minimum Gasteiger partial charge on any atom is -0.400 e. The molecule has 0 aromatic carbocycles. The van der Waals surface area contributed by atoms with Gasteiger partial charge in [-0.1, -0.05) is 0 Å². The van der Waals surface area contributed by atoms with Crippen LogP contribution in [0.1, 0.15) is 11.4 Å². The van der Waals surface area contributed by atoms with Crippen LogP contribution < -0.4 is 5.73 Å². The molecule has 2 N–H and O–H groups in total. The summed E-state index contributed by atoms with van der Waals surface area (Å²) in [6.45, 7) is 0. The van der Waals surface area contributed by atoms with E-state index in [1.807, 2.05) is 0 Å². The van der Waals surface area contributed by atoms with Crippen molar-refractivity contribution < 1.29 is 0 Å². The molecule has 1 aliphatic carbocycles. The molecule has 0 bridgehead atoms. The van der Waals surface area contributed by atoms with E-state index in [1.165, 1.54) is 0 Å². The quantitative estimate of drug-likeness (QED) is 0.634. The molecule has 0 spiro atoms. The summed E-state index contributed by atoms with van der Waals surface area (Å²) in [5.41, 5.74) is 9.31. The van der Waals surface area contributed by atoms with E-state index >= 15 is 0 Å². The van der Waals surface area contributed by atoms with Gasteiger partial charge in [0.2, 0.25) is 0 Å². The summed E-state index contributed by atoms with van der Waals surface area (Å²) in [5, 5.41) is 11.3. The predicted molar refractivity (Wildman–Crippen MR) is 48.3 cm³/mol. The van der Waals surface area contributed by atoms with Crippen LogP contribution in [0.25, 0.3) is 0 Å². The maximum atomic E-state index is 5.81. The third-order valence-electron chi connectivity index (χ3n) is 2.17. The summed E-state index contributed by atoms with van der Waals surface area (Å²) in [6.07, 6.45) is 3.83. The van der Waals surface area contributed by atoms with Crippen molar-refractivity contribution in [3.05, 3.63) is 35.2 Å². The van der Waals surface area contributed by atoms with Gasteiger partial charge in [0.05, 0.1) is 5.69 Å². The molecule has 14 heavy (non-hydrogen) atoms. The topological polar surface area (TPSA) is 88.9 Å². The van der Waals surface area contributed by atoms with Gasteiger partial charge in [-0.2, -0.15) is 0 Å². The molecule has 1 aliphatic heterocycles. The van der Waals surface area contributed by atoms with E-state index in [4.69, 9.17) is 5.73 Å². The molecule has 6 nitrogen and oxygen atoms in total. The van der Waals surface area contributed by atoms with Crippen LogP contribution in [0, 0.1) is 0 Å². The molecule has 0 saturated carbocycles. The highest BCUT2D eigenvalue weighted by Gasteiger charge is 2.27. The van der Waals surface area contributed by atoms with Crippen LogP contribution in [0.15, 0.2) is 39.2 Å². The Morgan fingerprint density at radius 3 is 3.00 bits per heavy atom. The van der Waals surface area contributed by atoms with E-state index in [9.17, 15) is 0 Å². The third-order valence-corrected chi connectivity index (χ3v) is 2.17. The van der Waals surface area contributed by atoms with E-state index in [1.54, 1.807) is 12.4 Å². The van der Waals surface area contributed by atoms with Crippen LogP contribution in [0.5, 0.6) is 0 Å². The zero-order valence-electron chi connectivity index (χ0n) is 7.18. The first-order valence-electron chi connectivity index (χ1n) is 4.14. The van der Waals surface area contributed by atoms with Crippen molar-refractivity contribution in [2.75, 3.05) is 0 Å². The second kappa shape index (κ2) is 2.44. The summed E-state index contributed by atoms with van der Waals surface area (Å²) in [7, 11) is 0. The van der Waals surface area contributed by atoms with Gasteiger partial charge in [0, 0.05) is 24.5 Å². The Morgan fingerprint density at radius 2 is 2.07 bits per heavy atom. The van der Waals surface area contributed by atoms with Crippen LogP contribution in [0.4, 0.5) is 0 Å². The van der Waals surface area contributed by atoms with Crippen LogP contribution in [-0.4, -0.2) is 15.7 Å². The van der Waals surface area contributed by atoms with Gasteiger partial charge in [0.15, 0.2) is 0 Å². The highest BCUT2D eigenvalue weighted by Crippen LogP contribution is 2.25. The standard InChI is InChI=1S/C8H6N6/c9-4-3-5-7(11-2-1-10-5)8-6(4)12-14-13-8/h1-2H,3,9H2. The number of nitrogens with two attached hydrogens (primary N) is 1. The fraction of sp³-hybridized carbons (Fsp3) is 0.125. The van der Waals surface area contributed by atoms with Crippen LogP contribution in [0.2, 0.25) is 0 Å². The summed E-state index contributed by atoms with van der Waals surface area (Å²) < 4.78 is 0. The number of nitrogens with zero attached hydrogens (tertiary/aromatic N) is 5. The molecule has 0 saturated heterocycles. The smallest absolute Gasteiger partial charge is 0.144 e. The van der Waals surface area contributed by atoms with Crippen LogP contribution >= 0.6 is 0 Å². The third kappa shape index (κ3) is 0.819. The molecule has 1 aromatic rings. The molecular formula is C8H6N6. The van der Waals surface area contributed by atoms with E-state index in [2.05, 4.69) is 25.4 Å². The molecule has 2 heterocycles.